The summed E-state index contributed by atoms with van der Waals surface area (Å²) in [5.74, 6) is -0.974. The number of benzene rings is 4. The zero-order valence-corrected chi connectivity index (χ0v) is 19.8. The predicted octanol–water partition coefficient (Wildman–Crippen LogP) is 6.11. The average molecular weight is 478 g/mol. The van der Waals surface area contributed by atoms with Crippen molar-refractivity contribution in [3.05, 3.63) is 108 Å². The predicted molar refractivity (Wildman–Crippen MR) is 139 cm³/mol. The van der Waals surface area contributed by atoms with Gasteiger partial charge in [-0.3, -0.25) is 4.90 Å². The average Bonchev–Trinajstić information content (AvgIpc) is 3.47. The van der Waals surface area contributed by atoms with Crippen molar-refractivity contribution in [1.29, 1.82) is 0 Å². The normalized spacial score (nSPS) is 18.7. The highest BCUT2D eigenvalue weighted by atomic mass is 16.6. The Morgan fingerprint density at radius 2 is 1.47 bits per heavy atom. The van der Waals surface area contributed by atoms with Crippen LogP contribution in [-0.4, -0.2) is 41.3 Å². The lowest BCUT2D eigenvalue weighted by molar-refractivity contribution is -0.141. The highest BCUT2D eigenvalue weighted by Gasteiger charge is 2.41. The fraction of sp³-hybridized carbons (Fsp3) is 0.226. The molecule has 5 heteroatoms. The summed E-state index contributed by atoms with van der Waals surface area (Å²) >= 11 is 0. The summed E-state index contributed by atoms with van der Waals surface area (Å²) in [5.41, 5.74) is 5.74. The van der Waals surface area contributed by atoms with Gasteiger partial charge in [0.05, 0.1) is 0 Å². The maximum atomic E-state index is 13.2. The van der Waals surface area contributed by atoms with E-state index < -0.39 is 18.1 Å². The number of aliphatic carboxylic acids is 1. The first kappa shape index (κ1) is 22.4. The molecule has 0 aromatic heterocycles. The molecule has 6 rings (SSSR count). The van der Waals surface area contributed by atoms with E-state index in [2.05, 4.69) is 54.6 Å². The lowest BCUT2D eigenvalue weighted by atomic mass is 9.95. The van der Waals surface area contributed by atoms with Crippen LogP contribution < -0.4 is 0 Å². The van der Waals surface area contributed by atoms with E-state index in [-0.39, 0.29) is 18.4 Å². The summed E-state index contributed by atoms with van der Waals surface area (Å²) in [6.07, 6.45) is 0.596. The number of carbonyl (C=O) groups excluding carboxylic acids is 1. The molecule has 5 nitrogen and oxygen atoms in total. The molecule has 36 heavy (non-hydrogen) atoms. The van der Waals surface area contributed by atoms with Crippen LogP contribution in [0.3, 0.4) is 0 Å². The van der Waals surface area contributed by atoms with Gasteiger partial charge in [-0.15, -0.1) is 0 Å². The van der Waals surface area contributed by atoms with E-state index in [4.69, 9.17) is 4.74 Å². The van der Waals surface area contributed by atoms with E-state index in [9.17, 15) is 14.7 Å². The van der Waals surface area contributed by atoms with E-state index in [0.29, 0.717) is 13.0 Å². The van der Waals surface area contributed by atoms with Crippen LogP contribution in [0.4, 0.5) is 4.79 Å². The molecular formula is C31H27NO4. The van der Waals surface area contributed by atoms with E-state index in [1.807, 2.05) is 36.4 Å². The van der Waals surface area contributed by atoms with Gasteiger partial charge in [-0.2, -0.15) is 0 Å². The molecule has 1 saturated heterocycles. The van der Waals surface area contributed by atoms with Crippen molar-refractivity contribution in [1.82, 2.24) is 4.90 Å². The first-order valence-electron chi connectivity index (χ1n) is 12.4. The van der Waals surface area contributed by atoms with Crippen molar-refractivity contribution in [3.8, 4) is 11.1 Å². The van der Waals surface area contributed by atoms with Crippen molar-refractivity contribution in [2.24, 2.45) is 5.92 Å². The Hall–Kier alpha value is -4.12. The number of hydrogen-bond donors (Lipinski definition) is 1. The zero-order valence-electron chi connectivity index (χ0n) is 19.8. The lowest BCUT2D eigenvalue weighted by Crippen LogP contribution is -2.41. The molecule has 4 aromatic carbocycles. The Morgan fingerprint density at radius 3 is 2.17 bits per heavy atom. The number of rotatable bonds is 5. The van der Waals surface area contributed by atoms with Crippen LogP contribution in [-0.2, 0) is 16.0 Å². The van der Waals surface area contributed by atoms with Gasteiger partial charge < -0.3 is 9.84 Å². The third-order valence-corrected chi connectivity index (χ3v) is 7.58. The van der Waals surface area contributed by atoms with Crippen LogP contribution in [0.1, 0.15) is 29.0 Å². The van der Waals surface area contributed by atoms with Crippen molar-refractivity contribution >= 4 is 22.8 Å². The summed E-state index contributed by atoms with van der Waals surface area (Å²) < 4.78 is 5.78. The minimum absolute atomic E-state index is 0.0550. The number of hydrogen-bond acceptors (Lipinski definition) is 3. The molecule has 0 radical (unpaired) electrons. The second-order valence-electron chi connectivity index (χ2n) is 9.80. The van der Waals surface area contributed by atoms with Gasteiger partial charge in [0.2, 0.25) is 0 Å². The van der Waals surface area contributed by atoms with Crippen LogP contribution in [0, 0.1) is 5.92 Å². The minimum atomic E-state index is -0.982. The summed E-state index contributed by atoms with van der Waals surface area (Å²) in [7, 11) is 0. The van der Waals surface area contributed by atoms with E-state index in [1.54, 1.807) is 0 Å². The number of ether oxygens (including phenoxy) is 1. The topological polar surface area (TPSA) is 66.8 Å². The molecular weight excluding hydrogens is 450 g/mol. The molecule has 2 atom stereocenters. The molecule has 1 amide bonds. The first-order chi connectivity index (χ1) is 17.6. The fourth-order valence-electron chi connectivity index (χ4n) is 5.88. The van der Waals surface area contributed by atoms with Crippen LogP contribution in [0.2, 0.25) is 0 Å². The Kier molecular flexibility index (Phi) is 5.68. The van der Waals surface area contributed by atoms with Gasteiger partial charge in [-0.05, 0) is 57.3 Å². The van der Waals surface area contributed by atoms with E-state index >= 15 is 0 Å². The number of carboxylic acids is 1. The van der Waals surface area contributed by atoms with Gasteiger partial charge in [0.25, 0.3) is 0 Å². The standard InChI is InChI=1S/C31H27NO4/c33-30(34)29-17-21(15-20-13-14-22-7-1-2-8-23(22)16-20)18-32(29)31(35)36-19-28-26-11-5-3-9-24(26)25-10-4-6-12-27(25)28/h1-14,16,21,28-29H,15,17-19H2,(H,33,34). The SMILES string of the molecule is O=C(O)C1CC(Cc2ccc3ccccc3c2)CN1C(=O)OCC1c2ccccc2-c2ccccc21. The second kappa shape index (κ2) is 9.15. The Balaban J connectivity index is 1.16. The smallest absolute Gasteiger partial charge is 0.410 e. The quantitative estimate of drug-likeness (QED) is 0.377. The molecule has 1 aliphatic carbocycles. The van der Waals surface area contributed by atoms with E-state index in [0.717, 1.165) is 39.6 Å². The Bertz CT molecular complexity index is 1420. The summed E-state index contributed by atoms with van der Waals surface area (Å²) in [5, 5.41) is 12.2. The van der Waals surface area contributed by atoms with Gasteiger partial charge in [-0.25, -0.2) is 9.59 Å². The number of carboxylic acid groups (broad SMARTS) is 1. The number of amides is 1. The molecule has 0 saturated carbocycles. The maximum absolute atomic E-state index is 13.2. The summed E-state index contributed by atoms with van der Waals surface area (Å²) in [6, 6.07) is 30.0. The number of nitrogens with zero attached hydrogens (tertiary/aromatic N) is 1. The molecule has 0 spiro atoms. The van der Waals surface area contributed by atoms with Crippen molar-refractivity contribution in [3.63, 3.8) is 0 Å². The summed E-state index contributed by atoms with van der Waals surface area (Å²) in [4.78, 5) is 26.6. The third kappa shape index (κ3) is 4.01. The molecule has 1 N–H and O–H groups in total. The maximum Gasteiger partial charge on any atom is 0.410 e. The molecule has 2 aliphatic rings. The monoisotopic (exact) mass is 477 g/mol. The van der Waals surface area contributed by atoms with Crippen LogP contribution >= 0.6 is 0 Å². The van der Waals surface area contributed by atoms with Gasteiger partial charge >= 0.3 is 12.1 Å². The van der Waals surface area contributed by atoms with Crippen molar-refractivity contribution < 1.29 is 19.4 Å². The molecule has 0 bridgehead atoms. The second-order valence-corrected chi connectivity index (χ2v) is 9.80. The van der Waals surface area contributed by atoms with Crippen molar-refractivity contribution in [2.45, 2.75) is 24.8 Å². The number of likely N-dealkylation sites (tertiary alicyclic amines) is 1. The fourth-order valence-corrected chi connectivity index (χ4v) is 5.88. The molecule has 1 fully saturated rings. The van der Waals surface area contributed by atoms with Crippen LogP contribution in [0.25, 0.3) is 21.9 Å². The highest BCUT2D eigenvalue weighted by Crippen LogP contribution is 2.44. The molecule has 180 valence electrons. The highest BCUT2D eigenvalue weighted by molar-refractivity contribution is 5.83. The first-order valence-corrected chi connectivity index (χ1v) is 12.4. The number of carbonyl (C=O) groups is 2. The Morgan fingerprint density at radius 1 is 0.833 bits per heavy atom. The Labute approximate surface area is 209 Å². The molecule has 1 aliphatic heterocycles. The summed E-state index contributed by atoms with van der Waals surface area (Å²) in [6.45, 7) is 0.561. The molecule has 4 aromatic rings. The van der Waals surface area contributed by atoms with Gasteiger partial charge in [0, 0.05) is 12.5 Å². The van der Waals surface area contributed by atoms with Gasteiger partial charge in [0.15, 0.2) is 0 Å². The van der Waals surface area contributed by atoms with Crippen LogP contribution in [0.5, 0.6) is 0 Å². The zero-order chi connectivity index (χ0) is 24.6. The largest absolute Gasteiger partial charge is 0.480 e. The van der Waals surface area contributed by atoms with Gasteiger partial charge in [0.1, 0.15) is 12.6 Å². The third-order valence-electron chi connectivity index (χ3n) is 7.58. The van der Waals surface area contributed by atoms with Crippen LogP contribution in [0.15, 0.2) is 91.0 Å². The molecule has 2 unspecified atom stereocenters. The van der Waals surface area contributed by atoms with Gasteiger partial charge in [-0.1, -0.05) is 91.0 Å². The number of fused-ring (bicyclic) bond motifs is 4. The minimum Gasteiger partial charge on any atom is -0.480 e. The lowest BCUT2D eigenvalue weighted by Gasteiger charge is -2.22. The van der Waals surface area contributed by atoms with E-state index in [1.165, 1.54) is 10.3 Å². The van der Waals surface area contributed by atoms with Crippen molar-refractivity contribution in [2.75, 3.05) is 13.2 Å². The molecule has 1 heterocycles.